The maximum absolute atomic E-state index is 14.3. The Labute approximate surface area is 319 Å². The number of aromatic nitrogens is 1. The van der Waals surface area contributed by atoms with E-state index in [-0.39, 0.29) is 60.5 Å². The molecule has 4 amide bonds. The molecule has 4 N–H and O–H groups in total. The molecule has 2 aliphatic rings. The van der Waals surface area contributed by atoms with Crippen molar-refractivity contribution in [3.8, 4) is 0 Å². The van der Waals surface area contributed by atoms with E-state index >= 15 is 0 Å². The molecule has 0 unspecified atom stereocenters. The first-order valence-electron chi connectivity index (χ1n) is 18.1. The summed E-state index contributed by atoms with van der Waals surface area (Å²) >= 11 is 1.16. The Hall–Kier alpha value is -4.58. The van der Waals surface area contributed by atoms with E-state index in [4.69, 9.17) is 5.21 Å². The number of rotatable bonds is 18. The quantitative estimate of drug-likeness (QED) is 0.0827. The predicted molar refractivity (Wildman–Crippen MR) is 204 cm³/mol. The second-order valence-corrected chi connectivity index (χ2v) is 16.8. The summed E-state index contributed by atoms with van der Waals surface area (Å²) in [6, 6.07) is 13.1. The van der Waals surface area contributed by atoms with Crippen LogP contribution in [0.4, 0.5) is 14.7 Å². The van der Waals surface area contributed by atoms with Crippen LogP contribution in [0.15, 0.2) is 70.0 Å². The van der Waals surface area contributed by atoms with Gasteiger partial charge in [-0.3, -0.25) is 9.69 Å². The number of nitrogens with zero attached hydrogens (tertiary/aromatic N) is 6. The molecule has 0 radical (unpaired) electrons. The Bertz CT molecular complexity index is 1870. The Morgan fingerprint density at radius 2 is 1.83 bits per heavy atom. The Morgan fingerprint density at radius 3 is 2.44 bits per heavy atom. The van der Waals surface area contributed by atoms with E-state index in [9.17, 15) is 33.0 Å². The number of benzene rings is 2. The van der Waals surface area contributed by atoms with Crippen LogP contribution in [-0.4, -0.2) is 119 Å². The molecule has 54 heavy (non-hydrogen) atoms. The first-order chi connectivity index (χ1) is 25.8. The molecule has 0 bridgehead atoms. The molecular weight excluding hydrogens is 735 g/mol. The fourth-order valence-electron chi connectivity index (χ4n) is 6.67. The van der Waals surface area contributed by atoms with Gasteiger partial charge in [0.15, 0.2) is 5.13 Å². The number of carbonyl (C=O) groups is 3. The number of urea groups is 1. The maximum atomic E-state index is 14.3. The van der Waals surface area contributed by atoms with Crippen LogP contribution in [0.2, 0.25) is 0 Å². The van der Waals surface area contributed by atoms with Crippen molar-refractivity contribution in [3.05, 3.63) is 76.8 Å². The molecule has 1 aromatic heterocycles. The lowest BCUT2D eigenvalue weighted by molar-refractivity contribution is -0.128. The van der Waals surface area contributed by atoms with E-state index in [1.165, 1.54) is 46.7 Å². The number of sulfonamides is 1. The van der Waals surface area contributed by atoms with E-state index in [0.29, 0.717) is 24.2 Å². The summed E-state index contributed by atoms with van der Waals surface area (Å²) in [4.78, 5) is 48.0. The molecule has 17 heteroatoms. The van der Waals surface area contributed by atoms with Crippen molar-refractivity contribution >= 4 is 50.7 Å². The Kier molecular flexibility index (Phi) is 13.7. The fourth-order valence-corrected chi connectivity index (χ4v) is 8.98. The number of nitrogens with one attached hydrogen (secondary N) is 1. The zero-order valence-corrected chi connectivity index (χ0v) is 32.3. The van der Waals surface area contributed by atoms with Gasteiger partial charge in [0.05, 0.1) is 35.5 Å². The molecule has 15 nitrogen and oxygen atoms in total. The Balaban J connectivity index is 1.36. The maximum Gasteiger partial charge on any atom is 0.413 e. The number of thiazole rings is 1. The number of aliphatic hydroxyl groups excluding tert-OH is 1. The molecule has 1 aliphatic carbocycles. The summed E-state index contributed by atoms with van der Waals surface area (Å²) in [5.41, 5.74) is 1.88. The summed E-state index contributed by atoms with van der Waals surface area (Å²) in [6.07, 6.45) is 2.28. The lowest BCUT2D eigenvalue weighted by atomic mass is 9.85. The highest BCUT2D eigenvalue weighted by atomic mass is 32.2. The number of carboxylic acid groups (broad SMARTS) is 1. The molecule has 2 aromatic carbocycles. The van der Waals surface area contributed by atoms with E-state index in [1.807, 2.05) is 44.2 Å². The average Bonchev–Trinajstić information content (AvgIpc) is 3.75. The van der Waals surface area contributed by atoms with E-state index in [1.54, 1.807) is 10.3 Å². The predicted octanol–water partition coefficient (Wildman–Crippen LogP) is 4.30. The monoisotopic (exact) mass is 783 g/mol. The smallest absolute Gasteiger partial charge is 0.413 e. The minimum Gasteiger partial charge on any atom is -0.465 e. The molecular formula is C37H49N7O8S2. The van der Waals surface area contributed by atoms with E-state index in [0.717, 1.165) is 41.1 Å². The molecule has 0 spiro atoms. The standard InChI is InChI=1S/C37H49N7O8S2/c1-4-25(2)33(44-18-17-42(36(44)47)22-29-24-53-35(39-29)41(3)37(48)49)34(46)40-31(19-26-9-6-5-7-10-26)32(45)23-43(21-28-11-8-12-28)54(51,52)30-15-13-27(14-16-30)20-38-50/h5-7,9-10,13-16,20,24-25,28,31-33,45,50H,4,8,11-12,17-19,21-23H2,1-3H3,(H,40,46)(H,48,49)/b38-20+/t25-,31-,32+,33-/m0/s1. The lowest BCUT2D eigenvalue weighted by Gasteiger charge is -2.36. The van der Waals surface area contributed by atoms with Crippen LogP contribution in [0.5, 0.6) is 0 Å². The van der Waals surface area contributed by atoms with Crippen molar-refractivity contribution in [1.82, 2.24) is 24.4 Å². The molecule has 4 atom stereocenters. The van der Waals surface area contributed by atoms with Gasteiger partial charge in [0, 0.05) is 38.6 Å². The largest absolute Gasteiger partial charge is 0.465 e. The minimum absolute atomic E-state index is 0.0319. The number of amides is 4. The second-order valence-electron chi connectivity index (χ2n) is 14.0. The van der Waals surface area contributed by atoms with Crippen LogP contribution in [0, 0.1) is 11.8 Å². The average molecular weight is 784 g/mol. The molecule has 292 valence electrons. The van der Waals surface area contributed by atoms with Gasteiger partial charge in [-0.1, -0.05) is 74.3 Å². The number of hydrogen-bond donors (Lipinski definition) is 4. The Morgan fingerprint density at radius 1 is 1.13 bits per heavy atom. The van der Waals surface area contributed by atoms with Gasteiger partial charge in [0.2, 0.25) is 15.9 Å². The molecule has 2 heterocycles. The molecule has 3 aromatic rings. The van der Waals surface area contributed by atoms with Gasteiger partial charge < -0.3 is 30.5 Å². The summed E-state index contributed by atoms with van der Waals surface area (Å²) in [7, 11) is -2.67. The van der Waals surface area contributed by atoms with Crippen LogP contribution in [0.3, 0.4) is 0 Å². The van der Waals surface area contributed by atoms with Crippen molar-refractivity contribution < 1.29 is 38.2 Å². The van der Waals surface area contributed by atoms with Crippen molar-refractivity contribution in [2.75, 3.05) is 38.1 Å². The van der Waals surface area contributed by atoms with Gasteiger partial charge in [-0.15, -0.1) is 11.3 Å². The van der Waals surface area contributed by atoms with Crippen LogP contribution < -0.4 is 10.2 Å². The molecule has 2 fully saturated rings. The highest BCUT2D eigenvalue weighted by Crippen LogP contribution is 2.30. The highest BCUT2D eigenvalue weighted by molar-refractivity contribution is 7.89. The van der Waals surface area contributed by atoms with Crippen molar-refractivity contribution in [1.29, 1.82) is 0 Å². The van der Waals surface area contributed by atoms with Crippen molar-refractivity contribution in [2.45, 2.75) is 75.6 Å². The number of aliphatic hydroxyl groups is 1. The van der Waals surface area contributed by atoms with E-state index in [2.05, 4.69) is 15.5 Å². The third-order valence-corrected chi connectivity index (χ3v) is 13.1. The van der Waals surface area contributed by atoms with Crippen molar-refractivity contribution in [3.63, 3.8) is 0 Å². The van der Waals surface area contributed by atoms with Gasteiger partial charge in [-0.05, 0) is 54.4 Å². The molecule has 1 aliphatic heterocycles. The summed E-state index contributed by atoms with van der Waals surface area (Å²) in [5, 5.41) is 38.1. The first kappa shape index (κ1) is 40.6. The van der Waals surface area contributed by atoms with Crippen LogP contribution in [-0.2, 0) is 27.8 Å². The van der Waals surface area contributed by atoms with Gasteiger partial charge in [0.1, 0.15) is 6.04 Å². The second kappa shape index (κ2) is 18.2. The topological polar surface area (TPSA) is 196 Å². The number of anilines is 1. The van der Waals surface area contributed by atoms with Gasteiger partial charge in [-0.2, -0.15) is 4.31 Å². The van der Waals surface area contributed by atoms with Gasteiger partial charge in [-0.25, -0.2) is 23.0 Å². The lowest BCUT2D eigenvalue weighted by Crippen LogP contribution is -2.57. The van der Waals surface area contributed by atoms with Gasteiger partial charge >= 0.3 is 12.1 Å². The summed E-state index contributed by atoms with van der Waals surface area (Å²) < 4.78 is 29.4. The summed E-state index contributed by atoms with van der Waals surface area (Å²) in [6.45, 7) is 4.52. The first-order valence-corrected chi connectivity index (χ1v) is 20.4. The number of carbonyl (C=O) groups excluding carboxylic acids is 2. The normalized spacial score (nSPS) is 17.4. The molecule has 5 rings (SSSR count). The van der Waals surface area contributed by atoms with Gasteiger partial charge in [0.25, 0.3) is 0 Å². The third kappa shape index (κ3) is 9.74. The molecule has 1 saturated heterocycles. The van der Waals surface area contributed by atoms with E-state index < -0.39 is 40.2 Å². The zero-order valence-electron chi connectivity index (χ0n) is 30.7. The zero-order chi connectivity index (χ0) is 39.0. The molecule has 1 saturated carbocycles. The van der Waals surface area contributed by atoms with Crippen molar-refractivity contribution in [2.24, 2.45) is 17.0 Å². The van der Waals surface area contributed by atoms with Crippen LogP contribution in [0.1, 0.15) is 56.4 Å². The number of hydrogen-bond acceptors (Lipinski definition) is 10. The van der Waals surface area contributed by atoms with Crippen LogP contribution >= 0.6 is 11.3 Å². The number of oxime groups is 1. The summed E-state index contributed by atoms with van der Waals surface area (Å²) in [5.74, 6) is -0.566. The fraction of sp³-hybridized carbons (Fsp3) is 0.486. The highest BCUT2D eigenvalue weighted by Gasteiger charge is 2.41. The third-order valence-electron chi connectivity index (χ3n) is 10.3. The SMILES string of the molecule is CC[C@H](C)[C@@H](C(=O)N[C@@H](Cc1ccccc1)[C@H](O)CN(CC1CCC1)S(=O)(=O)c1ccc(/C=N/O)cc1)N1CCN(Cc2csc(N(C)C(=O)O)n2)C1=O. The van der Waals surface area contributed by atoms with Crippen LogP contribution in [0.25, 0.3) is 0 Å². The minimum atomic E-state index is -4.07.